The summed E-state index contributed by atoms with van der Waals surface area (Å²) in [4.78, 5) is 10.7. The largest absolute Gasteiger partial charge is 0.465 e. The van der Waals surface area contributed by atoms with Crippen molar-refractivity contribution in [2.75, 3.05) is 5.32 Å². The van der Waals surface area contributed by atoms with Gasteiger partial charge in [-0.05, 0) is 35.7 Å². The molecule has 98 valence electrons. The lowest BCUT2D eigenvalue weighted by molar-refractivity contribution is 0.209. The third kappa shape index (κ3) is 3.28. The Morgan fingerprint density at radius 1 is 1.11 bits per heavy atom. The van der Waals surface area contributed by atoms with Gasteiger partial charge in [0.1, 0.15) is 0 Å². The summed E-state index contributed by atoms with van der Waals surface area (Å²) >= 11 is 0. The summed E-state index contributed by atoms with van der Waals surface area (Å²) in [6.45, 7) is 0. The van der Waals surface area contributed by atoms with Gasteiger partial charge in [0.15, 0.2) is 11.6 Å². The van der Waals surface area contributed by atoms with E-state index in [2.05, 4.69) is 5.32 Å². The summed E-state index contributed by atoms with van der Waals surface area (Å²) in [6.07, 6.45) is -0.856. The van der Waals surface area contributed by atoms with Crippen LogP contribution in [0, 0.1) is 11.6 Å². The first-order chi connectivity index (χ1) is 9.06. The smallest absolute Gasteiger partial charge is 0.409 e. The van der Waals surface area contributed by atoms with E-state index in [0.29, 0.717) is 23.2 Å². The van der Waals surface area contributed by atoms with E-state index in [0.717, 1.165) is 12.1 Å². The molecular weight excluding hydrogens is 252 g/mol. The molecule has 0 radical (unpaired) electrons. The van der Waals surface area contributed by atoms with Gasteiger partial charge in [-0.25, -0.2) is 13.6 Å². The average molecular weight is 263 g/mol. The van der Waals surface area contributed by atoms with E-state index in [-0.39, 0.29) is 0 Å². The van der Waals surface area contributed by atoms with E-state index in [4.69, 9.17) is 5.11 Å². The fourth-order valence-electron chi connectivity index (χ4n) is 1.78. The molecule has 0 aromatic heterocycles. The molecule has 0 atom stereocenters. The lowest BCUT2D eigenvalue weighted by Crippen LogP contribution is -2.09. The third-order valence-electron chi connectivity index (χ3n) is 2.64. The number of rotatable bonds is 3. The first kappa shape index (κ1) is 13.0. The number of hydrogen-bond acceptors (Lipinski definition) is 1. The molecule has 0 saturated heterocycles. The summed E-state index contributed by atoms with van der Waals surface area (Å²) in [5, 5.41) is 11.0. The van der Waals surface area contributed by atoms with E-state index in [1.807, 2.05) is 0 Å². The van der Waals surface area contributed by atoms with Crippen molar-refractivity contribution in [2.24, 2.45) is 0 Å². The Morgan fingerprint density at radius 2 is 1.84 bits per heavy atom. The topological polar surface area (TPSA) is 49.3 Å². The van der Waals surface area contributed by atoms with Crippen LogP contribution in [-0.2, 0) is 6.42 Å². The predicted octanol–water partition coefficient (Wildman–Crippen LogP) is 3.65. The highest BCUT2D eigenvalue weighted by molar-refractivity contribution is 5.84. The molecule has 5 heteroatoms. The maximum atomic E-state index is 13.1. The van der Waals surface area contributed by atoms with Gasteiger partial charge in [0.2, 0.25) is 0 Å². The SMILES string of the molecule is O=C(O)Nc1ccccc1Cc1ccc(F)c(F)c1. The van der Waals surface area contributed by atoms with Gasteiger partial charge in [-0.15, -0.1) is 0 Å². The monoisotopic (exact) mass is 263 g/mol. The van der Waals surface area contributed by atoms with Gasteiger partial charge in [0, 0.05) is 5.69 Å². The molecule has 3 nitrogen and oxygen atoms in total. The van der Waals surface area contributed by atoms with Gasteiger partial charge in [-0.1, -0.05) is 24.3 Å². The van der Waals surface area contributed by atoms with Crippen LogP contribution in [-0.4, -0.2) is 11.2 Å². The highest BCUT2D eigenvalue weighted by Crippen LogP contribution is 2.20. The second kappa shape index (κ2) is 5.48. The molecule has 0 heterocycles. The van der Waals surface area contributed by atoms with Gasteiger partial charge in [-0.3, -0.25) is 5.32 Å². The van der Waals surface area contributed by atoms with Gasteiger partial charge < -0.3 is 5.11 Å². The Balaban J connectivity index is 2.27. The number of halogens is 2. The predicted molar refractivity (Wildman–Crippen MR) is 67.3 cm³/mol. The number of carbonyl (C=O) groups is 1. The first-order valence-corrected chi connectivity index (χ1v) is 5.58. The third-order valence-corrected chi connectivity index (χ3v) is 2.64. The maximum absolute atomic E-state index is 13.1. The molecule has 0 unspecified atom stereocenters. The summed E-state index contributed by atoms with van der Waals surface area (Å²) in [5.41, 5.74) is 1.69. The number of amides is 1. The lowest BCUT2D eigenvalue weighted by atomic mass is 10.0. The van der Waals surface area contributed by atoms with E-state index in [1.54, 1.807) is 24.3 Å². The molecule has 2 rings (SSSR count). The Morgan fingerprint density at radius 3 is 2.53 bits per heavy atom. The van der Waals surface area contributed by atoms with Gasteiger partial charge >= 0.3 is 6.09 Å². The van der Waals surface area contributed by atoms with Crippen LogP contribution in [0.4, 0.5) is 19.3 Å². The second-order valence-electron chi connectivity index (χ2n) is 4.01. The van der Waals surface area contributed by atoms with Crippen molar-refractivity contribution in [3.05, 3.63) is 65.2 Å². The Kier molecular flexibility index (Phi) is 3.75. The standard InChI is InChI=1S/C14H11F2NO2/c15-11-6-5-9(8-12(11)16)7-10-3-1-2-4-13(10)17-14(18)19/h1-6,8,17H,7H2,(H,18,19). The first-order valence-electron chi connectivity index (χ1n) is 5.58. The summed E-state index contributed by atoms with van der Waals surface area (Å²) < 4.78 is 25.9. The average Bonchev–Trinajstić information content (AvgIpc) is 2.36. The number of carboxylic acid groups (broad SMARTS) is 1. The molecule has 0 saturated carbocycles. The number of hydrogen-bond donors (Lipinski definition) is 2. The van der Waals surface area contributed by atoms with Crippen LogP contribution in [0.15, 0.2) is 42.5 Å². The minimum Gasteiger partial charge on any atom is -0.465 e. The van der Waals surface area contributed by atoms with Crippen molar-refractivity contribution < 1.29 is 18.7 Å². The second-order valence-corrected chi connectivity index (χ2v) is 4.01. The van der Waals surface area contributed by atoms with E-state index in [1.165, 1.54) is 6.07 Å². The van der Waals surface area contributed by atoms with Crippen molar-refractivity contribution in [3.8, 4) is 0 Å². The molecule has 2 N–H and O–H groups in total. The Hall–Kier alpha value is -2.43. The molecule has 0 spiro atoms. The number of para-hydroxylation sites is 1. The number of nitrogens with one attached hydrogen (secondary N) is 1. The van der Waals surface area contributed by atoms with Gasteiger partial charge in [0.25, 0.3) is 0 Å². The fourth-order valence-corrected chi connectivity index (χ4v) is 1.78. The van der Waals surface area contributed by atoms with Crippen molar-refractivity contribution in [1.82, 2.24) is 0 Å². The molecule has 0 aliphatic rings. The quantitative estimate of drug-likeness (QED) is 0.888. The zero-order valence-electron chi connectivity index (χ0n) is 9.86. The van der Waals surface area contributed by atoms with Crippen LogP contribution >= 0.6 is 0 Å². The summed E-state index contributed by atoms with van der Waals surface area (Å²) in [7, 11) is 0. The van der Waals surface area contributed by atoms with Crippen molar-refractivity contribution >= 4 is 11.8 Å². The zero-order chi connectivity index (χ0) is 13.8. The molecular formula is C14H11F2NO2. The highest BCUT2D eigenvalue weighted by atomic mass is 19.2. The highest BCUT2D eigenvalue weighted by Gasteiger charge is 2.07. The van der Waals surface area contributed by atoms with Crippen LogP contribution < -0.4 is 5.32 Å². The summed E-state index contributed by atoms with van der Waals surface area (Å²) in [6, 6.07) is 10.4. The van der Waals surface area contributed by atoms with Crippen molar-refractivity contribution in [2.45, 2.75) is 6.42 Å². The van der Waals surface area contributed by atoms with E-state index in [9.17, 15) is 13.6 Å². The Labute approximate surface area is 108 Å². The molecule has 2 aromatic carbocycles. The van der Waals surface area contributed by atoms with Crippen LogP contribution in [0.1, 0.15) is 11.1 Å². The summed E-state index contributed by atoms with van der Waals surface area (Å²) in [5.74, 6) is -1.82. The lowest BCUT2D eigenvalue weighted by Gasteiger charge is -2.09. The van der Waals surface area contributed by atoms with E-state index >= 15 is 0 Å². The fraction of sp³-hybridized carbons (Fsp3) is 0.0714. The number of anilines is 1. The molecule has 0 aliphatic carbocycles. The van der Waals surface area contributed by atoms with Crippen LogP contribution in [0.5, 0.6) is 0 Å². The Bertz CT molecular complexity index is 614. The molecule has 19 heavy (non-hydrogen) atoms. The normalized spacial score (nSPS) is 10.2. The molecule has 0 fully saturated rings. The van der Waals surface area contributed by atoms with Crippen LogP contribution in [0.2, 0.25) is 0 Å². The van der Waals surface area contributed by atoms with Crippen LogP contribution in [0.3, 0.4) is 0 Å². The van der Waals surface area contributed by atoms with Crippen molar-refractivity contribution in [3.63, 3.8) is 0 Å². The molecule has 2 aromatic rings. The molecule has 0 bridgehead atoms. The zero-order valence-corrected chi connectivity index (χ0v) is 9.86. The van der Waals surface area contributed by atoms with E-state index < -0.39 is 17.7 Å². The minimum atomic E-state index is -1.17. The van der Waals surface area contributed by atoms with Crippen molar-refractivity contribution in [1.29, 1.82) is 0 Å². The minimum absolute atomic E-state index is 0.313. The molecule has 0 aliphatic heterocycles. The van der Waals surface area contributed by atoms with Crippen LogP contribution in [0.25, 0.3) is 0 Å². The molecule has 1 amide bonds. The number of benzene rings is 2. The van der Waals surface area contributed by atoms with Gasteiger partial charge in [-0.2, -0.15) is 0 Å². The maximum Gasteiger partial charge on any atom is 0.409 e. The van der Waals surface area contributed by atoms with Gasteiger partial charge in [0.05, 0.1) is 0 Å².